The molecule has 0 radical (unpaired) electrons. The summed E-state index contributed by atoms with van der Waals surface area (Å²) in [5, 5.41) is 0. The molecule has 0 heterocycles. The molecule has 2 aliphatic carbocycles. The third-order valence-corrected chi connectivity index (χ3v) is 5.14. The smallest absolute Gasteiger partial charge is 0.230 e. The molecule has 0 spiro atoms. The molecule has 114 valence electrons. The molecule has 2 aliphatic rings. The van der Waals surface area contributed by atoms with Crippen LogP contribution in [-0.2, 0) is 11.3 Å². The van der Waals surface area contributed by atoms with Gasteiger partial charge < -0.3 is 10.6 Å². The van der Waals surface area contributed by atoms with E-state index in [1.807, 2.05) is 29.2 Å². The highest BCUT2D eigenvalue weighted by Crippen LogP contribution is 2.56. The van der Waals surface area contributed by atoms with Gasteiger partial charge in [-0.05, 0) is 48.8 Å². The zero-order chi connectivity index (χ0) is 14.8. The zero-order valence-corrected chi connectivity index (χ0v) is 12.9. The Kier molecular flexibility index (Phi) is 4.29. The van der Waals surface area contributed by atoms with Crippen LogP contribution in [0.4, 0.5) is 5.69 Å². The first-order valence-electron chi connectivity index (χ1n) is 8.36. The Morgan fingerprint density at radius 3 is 2.33 bits per heavy atom. The summed E-state index contributed by atoms with van der Waals surface area (Å²) in [5.41, 5.74) is 7.80. The number of fused-ring (bicyclic) bond motifs is 1. The molecule has 1 aromatic carbocycles. The molecule has 2 fully saturated rings. The topological polar surface area (TPSA) is 46.3 Å². The van der Waals surface area contributed by atoms with Crippen LogP contribution in [0.5, 0.6) is 0 Å². The van der Waals surface area contributed by atoms with Gasteiger partial charge in [-0.1, -0.05) is 31.9 Å². The van der Waals surface area contributed by atoms with E-state index in [1.54, 1.807) is 0 Å². The minimum atomic E-state index is 0.299. The van der Waals surface area contributed by atoms with Crippen molar-refractivity contribution in [1.82, 2.24) is 0 Å². The van der Waals surface area contributed by atoms with Crippen molar-refractivity contribution in [3.8, 4) is 0 Å². The van der Waals surface area contributed by atoms with Gasteiger partial charge >= 0.3 is 0 Å². The maximum atomic E-state index is 12.9. The lowest BCUT2D eigenvalue weighted by Crippen LogP contribution is -2.33. The van der Waals surface area contributed by atoms with Gasteiger partial charge in [-0.3, -0.25) is 4.79 Å². The molecular weight excluding hydrogens is 260 g/mol. The van der Waals surface area contributed by atoms with Gasteiger partial charge in [0, 0.05) is 24.7 Å². The Morgan fingerprint density at radius 2 is 1.81 bits per heavy atom. The lowest BCUT2D eigenvalue weighted by molar-refractivity contribution is -0.120. The lowest BCUT2D eigenvalue weighted by Gasteiger charge is -2.23. The molecule has 0 saturated heterocycles. The molecule has 2 N–H and O–H groups in total. The van der Waals surface area contributed by atoms with Crippen LogP contribution in [0.3, 0.4) is 0 Å². The van der Waals surface area contributed by atoms with E-state index in [9.17, 15) is 4.79 Å². The largest absolute Gasteiger partial charge is 0.326 e. The van der Waals surface area contributed by atoms with Gasteiger partial charge in [-0.15, -0.1) is 0 Å². The Hall–Kier alpha value is -1.35. The zero-order valence-electron chi connectivity index (χ0n) is 12.9. The molecule has 2 unspecified atom stereocenters. The summed E-state index contributed by atoms with van der Waals surface area (Å²) in [6.07, 6.45) is 6.13. The molecule has 21 heavy (non-hydrogen) atoms. The molecule has 2 saturated carbocycles. The van der Waals surface area contributed by atoms with Crippen LogP contribution in [0.2, 0.25) is 0 Å². The molecule has 1 amide bonds. The number of anilines is 1. The van der Waals surface area contributed by atoms with Crippen LogP contribution in [0, 0.1) is 17.8 Å². The van der Waals surface area contributed by atoms with Crippen LogP contribution in [0.25, 0.3) is 0 Å². The van der Waals surface area contributed by atoms with Crippen LogP contribution in [-0.4, -0.2) is 12.5 Å². The van der Waals surface area contributed by atoms with Crippen molar-refractivity contribution >= 4 is 11.6 Å². The van der Waals surface area contributed by atoms with E-state index in [4.69, 9.17) is 5.73 Å². The van der Waals surface area contributed by atoms with E-state index in [2.05, 4.69) is 6.92 Å². The van der Waals surface area contributed by atoms with Crippen molar-refractivity contribution in [2.24, 2.45) is 23.5 Å². The van der Waals surface area contributed by atoms with Gasteiger partial charge in [0.05, 0.1) is 0 Å². The summed E-state index contributed by atoms with van der Waals surface area (Å²) in [7, 11) is 0. The fourth-order valence-electron chi connectivity index (χ4n) is 3.94. The van der Waals surface area contributed by atoms with Gasteiger partial charge in [0.2, 0.25) is 5.91 Å². The van der Waals surface area contributed by atoms with E-state index in [0.717, 1.165) is 24.2 Å². The fourth-order valence-corrected chi connectivity index (χ4v) is 3.94. The van der Waals surface area contributed by atoms with E-state index in [-0.39, 0.29) is 0 Å². The molecule has 3 nitrogen and oxygen atoms in total. The normalized spacial score (nSPS) is 27.0. The highest BCUT2D eigenvalue weighted by atomic mass is 16.2. The maximum Gasteiger partial charge on any atom is 0.230 e. The van der Waals surface area contributed by atoms with E-state index in [1.165, 1.54) is 25.7 Å². The average Bonchev–Trinajstić information content (AvgIpc) is 3.26. The van der Waals surface area contributed by atoms with Gasteiger partial charge in [0.15, 0.2) is 0 Å². The summed E-state index contributed by atoms with van der Waals surface area (Å²) in [5.74, 6) is 2.00. The van der Waals surface area contributed by atoms with E-state index < -0.39 is 0 Å². The number of benzene rings is 1. The number of amides is 1. The average molecular weight is 286 g/mol. The van der Waals surface area contributed by atoms with Crippen LogP contribution in [0.15, 0.2) is 24.3 Å². The number of hydrogen-bond acceptors (Lipinski definition) is 2. The second-order valence-electron chi connectivity index (χ2n) is 6.50. The minimum Gasteiger partial charge on any atom is -0.326 e. The summed E-state index contributed by atoms with van der Waals surface area (Å²) >= 11 is 0. The van der Waals surface area contributed by atoms with Gasteiger partial charge in [-0.25, -0.2) is 0 Å². The Balaban J connectivity index is 1.75. The molecule has 3 rings (SSSR count). The van der Waals surface area contributed by atoms with Crippen molar-refractivity contribution < 1.29 is 4.79 Å². The lowest BCUT2D eigenvalue weighted by atomic mass is 10.0. The van der Waals surface area contributed by atoms with Crippen LogP contribution < -0.4 is 10.6 Å². The molecular formula is C18H26N2O. The minimum absolute atomic E-state index is 0.299. The van der Waals surface area contributed by atoms with E-state index in [0.29, 0.717) is 30.2 Å². The van der Waals surface area contributed by atoms with Crippen molar-refractivity contribution in [2.75, 3.05) is 11.4 Å². The molecule has 2 atom stereocenters. The quantitative estimate of drug-likeness (QED) is 0.902. The predicted molar refractivity (Wildman–Crippen MR) is 85.9 cm³/mol. The SMILES string of the molecule is CCCN(C(=O)C1C2CCCCC21)c1ccc(CN)cc1. The number of nitrogens with zero attached hydrogens (tertiary/aromatic N) is 1. The monoisotopic (exact) mass is 286 g/mol. The highest BCUT2D eigenvalue weighted by molar-refractivity contribution is 5.97. The third-order valence-electron chi connectivity index (χ3n) is 5.14. The first kappa shape index (κ1) is 14.6. The van der Waals surface area contributed by atoms with Gasteiger partial charge in [0.1, 0.15) is 0 Å². The summed E-state index contributed by atoms with van der Waals surface area (Å²) < 4.78 is 0. The molecule has 0 aromatic heterocycles. The number of carbonyl (C=O) groups excluding carboxylic acids is 1. The van der Waals surface area contributed by atoms with Gasteiger partial charge in [0.25, 0.3) is 0 Å². The second kappa shape index (κ2) is 6.18. The Labute approximate surface area is 127 Å². The van der Waals surface area contributed by atoms with Gasteiger partial charge in [-0.2, -0.15) is 0 Å². The summed E-state index contributed by atoms with van der Waals surface area (Å²) in [4.78, 5) is 14.9. The Bertz CT molecular complexity index is 484. The molecule has 0 bridgehead atoms. The summed E-state index contributed by atoms with van der Waals surface area (Å²) in [6, 6.07) is 8.15. The number of carbonyl (C=O) groups is 1. The van der Waals surface area contributed by atoms with Crippen molar-refractivity contribution in [2.45, 2.75) is 45.6 Å². The molecule has 0 aliphatic heterocycles. The fraction of sp³-hybridized carbons (Fsp3) is 0.611. The second-order valence-corrected chi connectivity index (χ2v) is 6.50. The predicted octanol–water partition coefficient (Wildman–Crippen LogP) is 3.32. The third kappa shape index (κ3) is 2.84. The Morgan fingerprint density at radius 1 is 1.19 bits per heavy atom. The van der Waals surface area contributed by atoms with Crippen molar-refractivity contribution in [3.63, 3.8) is 0 Å². The number of hydrogen-bond donors (Lipinski definition) is 1. The summed E-state index contributed by atoms with van der Waals surface area (Å²) in [6.45, 7) is 3.50. The highest BCUT2D eigenvalue weighted by Gasteiger charge is 2.55. The number of rotatable bonds is 5. The molecule has 1 aromatic rings. The van der Waals surface area contributed by atoms with Crippen LogP contribution >= 0.6 is 0 Å². The van der Waals surface area contributed by atoms with Crippen molar-refractivity contribution in [3.05, 3.63) is 29.8 Å². The van der Waals surface area contributed by atoms with Crippen molar-refractivity contribution in [1.29, 1.82) is 0 Å². The van der Waals surface area contributed by atoms with Crippen LogP contribution in [0.1, 0.15) is 44.6 Å². The first-order valence-corrected chi connectivity index (χ1v) is 8.36. The molecule has 3 heteroatoms. The standard InChI is InChI=1S/C18H26N2O/c1-2-11-20(14-9-7-13(12-19)8-10-14)18(21)17-15-5-3-4-6-16(15)17/h7-10,15-17H,2-6,11-12,19H2,1H3. The maximum absolute atomic E-state index is 12.9. The van der Waals surface area contributed by atoms with E-state index >= 15 is 0 Å². The number of nitrogens with two attached hydrogens (primary N) is 1. The first-order chi connectivity index (χ1) is 10.3.